The molecule has 2 N–H and O–H groups in total. The summed E-state index contributed by atoms with van der Waals surface area (Å²) < 4.78 is 11.2. The normalized spacial score (nSPS) is 32.7. The number of carbonyl (C=O) groups excluding carboxylic acids is 2. The number of phenolic OH excluding ortho intramolecular Hbond substituents is 2. The maximum Gasteiger partial charge on any atom is 0.240 e. The summed E-state index contributed by atoms with van der Waals surface area (Å²) >= 11 is 0. The fraction of sp³-hybridized carbons (Fsp3) is 0.318. The standard InChI is InChI=1S/C22H18N2O7/c1-29-13-4-2-10(3-5-13)24-21(27)14-15(22(24)28)19-20-16(18(14)30-19)17(23-31-20)9-6-11(25)8-12(26)7-9/h2-8,14-16,18-20,25-26H,1H3/t14-,15+,16-,18-,19+,20-/m1/s1. The van der Waals surface area contributed by atoms with E-state index >= 15 is 0 Å². The number of hydrogen-bond donors (Lipinski definition) is 2. The highest BCUT2D eigenvalue weighted by Gasteiger charge is 2.72. The van der Waals surface area contributed by atoms with Gasteiger partial charge in [-0.2, -0.15) is 0 Å². The monoisotopic (exact) mass is 422 g/mol. The summed E-state index contributed by atoms with van der Waals surface area (Å²) in [6.07, 6.45) is -1.67. The number of amides is 2. The number of fused-ring (bicyclic) bond motifs is 8. The smallest absolute Gasteiger partial charge is 0.240 e. The number of phenols is 2. The van der Waals surface area contributed by atoms with Crippen molar-refractivity contribution in [3.05, 3.63) is 48.0 Å². The molecule has 2 amide bonds. The van der Waals surface area contributed by atoms with Crippen molar-refractivity contribution in [1.29, 1.82) is 0 Å². The molecule has 0 aromatic heterocycles. The molecule has 2 aromatic rings. The Kier molecular flexibility index (Phi) is 3.64. The number of anilines is 1. The molecule has 4 aliphatic rings. The quantitative estimate of drug-likeness (QED) is 0.718. The first-order chi connectivity index (χ1) is 15.0. The summed E-state index contributed by atoms with van der Waals surface area (Å²) in [5.74, 6) is -1.85. The van der Waals surface area contributed by atoms with E-state index in [1.807, 2.05) is 0 Å². The highest BCUT2D eigenvalue weighted by atomic mass is 16.7. The third kappa shape index (κ3) is 2.37. The number of nitrogens with zero attached hydrogens (tertiary/aromatic N) is 2. The fourth-order valence-corrected chi connectivity index (χ4v) is 5.32. The molecule has 31 heavy (non-hydrogen) atoms. The van der Waals surface area contributed by atoms with Gasteiger partial charge in [-0.1, -0.05) is 5.16 Å². The topological polar surface area (TPSA) is 118 Å². The molecule has 3 fully saturated rings. The van der Waals surface area contributed by atoms with Crippen molar-refractivity contribution >= 4 is 23.2 Å². The van der Waals surface area contributed by atoms with Crippen LogP contribution in [0.4, 0.5) is 5.69 Å². The van der Waals surface area contributed by atoms with Gasteiger partial charge in [0.25, 0.3) is 0 Å². The average Bonchev–Trinajstić information content (AvgIpc) is 3.48. The maximum atomic E-state index is 13.3. The molecule has 2 bridgehead atoms. The van der Waals surface area contributed by atoms with E-state index in [0.29, 0.717) is 22.7 Å². The molecule has 0 spiro atoms. The molecule has 9 nitrogen and oxygen atoms in total. The number of imide groups is 1. The zero-order valence-electron chi connectivity index (χ0n) is 16.3. The molecule has 4 aliphatic heterocycles. The Morgan fingerprint density at radius 1 is 0.903 bits per heavy atom. The van der Waals surface area contributed by atoms with Gasteiger partial charge in [-0.25, -0.2) is 4.90 Å². The Morgan fingerprint density at radius 2 is 1.55 bits per heavy atom. The maximum absolute atomic E-state index is 13.3. The second-order valence-electron chi connectivity index (χ2n) is 8.14. The summed E-state index contributed by atoms with van der Waals surface area (Å²) in [7, 11) is 1.55. The lowest BCUT2D eigenvalue weighted by atomic mass is 9.71. The first kappa shape index (κ1) is 18.2. The van der Waals surface area contributed by atoms with Crippen molar-refractivity contribution in [1.82, 2.24) is 0 Å². The van der Waals surface area contributed by atoms with Crippen LogP contribution >= 0.6 is 0 Å². The van der Waals surface area contributed by atoms with E-state index in [-0.39, 0.29) is 29.2 Å². The van der Waals surface area contributed by atoms with Gasteiger partial charge >= 0.3 is 0 Å². The Labute approximate surface area is 176 Å². The van der Waals surface area contributed by atoms with Crippen LogP contribution in [-0.4, -0.2) is 53.2 Å². The van der Waals surface area contributed by atoms with Gasteiger partial charge in [0.2, 0.25) is 11.8 Å². The van der Waals surface area contributed by atoms with Gasteiger partial charge in [-0.15, -0.1) is 0 Å². The van der Waals surface area contributed by atoms with Crippen LogP contribution in [0.15, 0.2) is 47.6 Å². The molecule has 158 valence electrons. The molecule has 0 radical (unpaired) electrons. The van der Waals surface area contributed by atoms with Crippen molar-refractivity contribution < 1.29 is 34.1 Å². The van der Waals surface area contributed by atoms with Crippen LogP contribution in [0.1, 0.15) is 5.56 Å². The van der Waals surface area contributed by atoms with Crippen molar-refractivity contribution in [2.75, 3.05) is 12.0 Å². The van der Waals surface area contributed by atoms with E-state index < -0.39 is 30.1 Å². The Bertz CT molecular complexity index is 1120. The fourth-order valence-electron chi connectivity index (χ4n) is 5.32. The lowest BCUT2D eigenvalue weighted by molar-refractivity contribution is -0.125. The van der Waals surface area contributed by atoms with Gasteiger partial charge in [-0.05, 0) is 36.4 Å². The molecule has 0 saturated carbocycles. The third-order valence-electron chi connectivity index (χ3n) is 6.57. The number of methoxy groups -OCH3 is 1. The van der Waals surface area contributed by atoms with Crippen LogP contribution in [0, 0.1) is 17.8 Å². The van der Waals surface area contributed by atoms with Crippen LogP contribution in [-0.2, 0) is 19.2 Å². The van der Waals surface area contributed by atoms with E-state index in [1.54, 1.807) is 31.4 Å². The minimum absolute atomic E-state index is 0.110. The SMILES string of the molecule is COc1ccc(N2C(=O)[C@@H]3[C@@H]4O[C@@H]([C@H]5C(c6cc(O)cc(O)c6)=NO[C@@H]45)[C@@H]3C2=O)cc1. The molecular weight excluding hydrogens is 404 g/mol. The molecule has 0 aliphatic carbocycles. The van der Waals surface area contributed by atoms with Crippen LogP contribution in [0.2, 0.25) is 0 Å². The number of hydrogen-bond acceptors (Lipinski definition) is 8. The van der Waals surface area contributed by atoms with Crippen molar-refractivity contribution in [2.45, 2.75) is 18.3 Å². The van der Waals surface area contributed by atoms with Gasteiger partial charge in [0.1, 0.15) is 23.4 Å². The second-order valence-corrected chi connectivity index (χ2v) is 8.14. The number of aromatic hydroxyl groups is 2. The lowest BCUT2D eigenvalue weighted by Gasteiger charge is -2.26. The molecule has 6 atom stereocenters. The van der Waals surface area contributed by atoms with E-state index in [2.05, 4.69) is 5.16 Å². The molecule has 4 heterocycles. The van der Waals surface area contributed by atoms with Crippen LogP contribution in [0.25, 0.3) is 0 Å². The minimum atomic E-state index is -0.640. The highest BCUT2D eigenvalue weighted by Crippen LogP contribution is 2.55. The molecule has 3 saturated heterocycles. The van der Waals surface area contributed by atoms with E-state index in [9.17, 15) is 19.8 Å². The molecule has 9 heteroatoms. The third-order valence-corrected chi connectivity index (χ3v) is 6.57. The summed E-state index contributed by atoms with van der Waals surface area (Å²) in [5, 5.41) is 23.9. The van der Waals surface area contributed by atoms with Gasteiger partial charge < -0.3 is 24.5 Å². The zero-order chi connectivity index (χ0) is 21.4. The van der Waals surface area contributed by atoms with Crippen LogP contribution in [0.3, 0.4) is 0 Å². The summed E-state index contributed by atoms with van der Waals surface area (Å²) in [5.41, 5.74) is 1.47. The predicted molar refractivity (Wildman–Crippen MR) is 106 cm³/mol. The number of rotatable bonds is 3. The van der Waals surface area contributed by atoms with Crippen molar-refractivity contribution in [3.63, 3.8) is 0 Å². The van der Waals surface area contributed by atoms with Gasteiger partial charge in [-0.3, -0.25) is 9.59 Å². The van der Waals surface area contributed by atoms with Gasteiger partial charge in [0.15, 0.2) is 6.10 Å². The largest absolute Gasteiger partial charge is 0.508 e. The van der Waals surface area contributed by atoms with E-state index in [4.69, 9.17) is 14.3 Å². The van der Waals surface area contributed by atoms with E-state index in [1.165, 1.54) is 23.1 Å². The lowest BCUT2D eigenvalue weighted by Crippen LogP contribution is -2.45. The molecular formula is C22H18N2O7. The Morgan fingerprint density at radius 3 is 2.19 bits per heavy atom. The van der Waals surface area contributed by atoms with E-state index in [0.717, 1.165) is 0 Å². The van der Waals surface area contributed by atoms with Crippen molar-refractivity contribution in [3.8, 4) is 17.2 Å². The number of benzene rings is 2. The number of ether oxygens (including phenoxy) is 2. The van der Waals surface area contributed by atoms with Gasteiger partial charge in [0.05, 0.1) is 42.4 Å². The molecule has 0 unspecified atom stereocenters. The number of oxime groups is 1. The Balaban J connectivity index is 1.34. The number of carbonyl (C=O) groups is 2. The second kappa shape index (κ2) is 6.21. The van der Waals surface area contributed by atoms with Gasteiger partial charge in [0, 0.05) is 11.6 Å². The first-order valence-electron chi connectivity index (χ1n) is 9.92. The molecule has 2 aromatic carbocycles. The van der Waals surface area contributed by atoms with Crippen LogP contribution < -0.4 is 9.64 Å². The average molecular weight is 422 g/mol. The summed E-state index contributed by atoms with van der Waals surface area (Å²) in [4.78, 5) is 33.4. The first-order valence-corrected chi connectivity index (χ1v) is 9.92. The van der Waals surface area contributed by atoms with Crippen LogP contribution in [0.5, 0.6) is 17.2 Å². The Hall–Kier alpha value is -3.59. The zero-order valence-corrected chi connectivity index (χ0v) is 16.3. The highest BCUT2D eigenvalue weighted by molar-refractivity contribution is 6.23. The predicted octanol–water partition coefficient (Wildman–Crippen LogP) is 1.41. The summed E-state index contributed by atoms with van der Waals surface area (Å²) in [6.45, 7) is 0. The summed E-state index contributed by atoms with van der Waals surface area (Å²) in [6, 6.07) is 10.9. The minimum Gasteiger partial charge on any atom is -0.508 e. The molecule has 6 rings (SSSR count). The van der Waals surface area contributed by atoms with Crippen molar-refractivity contribution in [2.24, 2.45) is 22.9 Å².